The minimum atomic E-state index is -0.675. The van der Waals surface area contributed by atoms with Crippen molar-refractivity contribution in [2.24, 2.45) is 0 Å². The number of amides is 1. The van der Waals surface area contributed by atoms with Crippen LogP contribution in [0.25, 0.3) is 11.2 Å². The van der Waals surface area contributed by atoms with Crippen LogP contribution in [0.1, 0.15) is 5.56 Å². The number of fused-ring (bicyclic) bond motifs is 1. The molecular formula is C23H21N5O5. The number of nitrogens with one attached hydrogen (secondary N) is 1. The zero-order valence-electron chi connectivity index (χ0n) is 18.0. The monoisotopic (exact) mass is 447 g/mol. The summed E-state index contributed by atoms with van der Waals surface area (Å²) < 4.78 is 12.6. The molecule has 0 atom stereocenters. The van der Waals surface area contributed by atoms with Gasteiger partial charge in [-0.1, -0.05) is 24.3 Å². The van der Waals surface area contributed by atoms with Crippen molar-refractivity contribution < 1.29 is 14.3 Å². The average Bonchev–Trinajstić information content (AvgIpc) is 2.85. The molecule has 4 aromatic rings. The van der Waals surface area contributed by atoms with E-state index in [1.165, 1.54) is 26.6 Å². The van der Waals surface area contributed by atoms with Crippen LogP contribution in [0.2, 0.25) is 0 Å². The Morgan fingerprint density at radius 3 is 2.55 bits per heavy atom. The van der Waals surface area contributed by atoms with Crippen molar-refractivity contribution in [3.63, 3.8) is 0 Å². The molecule has 2 heterocycles. The smallest absolute Gasteiger partial charge is 0.333 e. The molecule has 33 heavy (non-hydrogen) atoms. The molecule has 10 nitrogen and oxygen atoms in total. The summed E-state index contributed by atoms with van der Waals surface area (Å²) >= 11 is 0. The van der Waals surface area contributed by atoms with E-state index >= 15 is 0 Å². The van der Waals surface area contributed by atoms with Crippen LogP contribution in [-0.4, -0.2) is 39.2 Å². The van der Waals surface area contributed by atoms with Gasteiger partial charge in [-0.3, -0.25) is 18.7 Å². The van der Waals surface area contributed by atoms with Crippen molar-refractivity contribution in [3.05, 3.63) is 87.3 Å². The van der Waals surface area contributed by atoms with E-state index in [2.05, 4.69) is 15.3 Å². The van der Waals surface area contributed by atoms with Gasteiger partial charge in [0.05, 0.1) is 26.5 Å². The van der Waals surface area contributed by atoms with Gasteiger partial charge in [0.2, 0.25) is 5.91 Å². The lowest BCUT2D eigenvalue weighted by Gasteiger charge is -2.14. The number of rotatable bonds is 7. The van der Waals surface area contributed by atoms with E-state index in [0.29, 0.717) is 22.7 Å². The lowest BCUT2D eigenvalue weighted by atomic mass is 10.2. The second-order valence-corrected chi connectivity index (χ2v) is 7.09. The Hall–Kier alpha value is -4.47. The van der Waals surface area contributed by atoms with Gasteiger partial charge in [-0.25, -0.2) is 14.8 Å². The second kappa shape index (κ2) is 9.35. The van der Waals surface area contributed by atoms with Crippen LogP contribution in [0.15, 0.2) is 70.5 Å². The first-order valence-electron chi connectivity index (χ1n) is 10.0. The molecule has 0 radical (unpaired) electrons. The molecule has 0 saturated carbocycles. The lowest BCUT2D eigenvalue weighted by molar-refractivity contribution is -0.116. The number of methoxy groups -OCH3 is 2. The van der Waals surface area contributed by atoms with Gasteiger partial charge in [-0.15, -0.1) is 0 Å². The number of nitrogens with zero attached hydrogens (tertiary/aromatic N) is 4. The van der Waals surface area contributed by atoms with Crippen molar-refractivity contribution in [3.8, 4) is 11.5 Å². The molecule has 168 valence electrons. The molecule has 4 rings (SSSR count). The summed E-state index contributed by atoms with van der Waals surface area (Å²) in [6.45, 7) is -0.389. The molecule has 0 aliphatic carbocycles. The minimum Gasteiger partial charge on any atom is -0.497 e. The fraction of sp³-hybridized carbons (Fsp3) is 0.174. The Bertz CT molecular complexity index is 1440. The largest absolute Gasteiger partial charge is 0.497 e. The van der Waals surface area contributed by atoms with E-state index in [4.69, 9.17) is 9.47 Å². The van der Waals surface area contributed by atoms with Crippen LogP contribution in [0.3, 0.4) is 0 Å². The summed E-state index contributed by atoms with van der Waals surface area (Å²) in [6.07, 6.45) is 2.73. The van der Waals surface area contributed by atoms with Crippen LogP contribution < -0.4 is 26.0 Å². The Morgan fingerprint density at radius 1 is 0.970 bits per heavy atom. The first kappa shape index (κ1) is 21.8. The fourth-order valence-electron chi connectivity index (χ4n) is 3.45. The molecule has 2 aromatic heterocycles. The highest BCUT2D eigenvalue weighted by atomic mass is 16.5. The van der Waals surface area contributed by atoms with Crippen molar-refractivity contribution in [1.82, 2.24) is 19.1 Å². The predicted octanol–water partition coefficient (Wildman–Crippen LogP) is 1.66. The highest BCUT2D eigenvalue weighted by Gasteiger charge is 2.18. The van der Waals surface area contributed by atoms with Crippen LogP contribution >= 0.6 is 0 Å². The molecule has 0 fully saturated rings. The summed E-state index contributed by atoms with van der Waals surface area (Å²) in [4.78, 5) is 47.4. The minimum absolute atomic E-state index is 0.00918. The fourth-order valence-corrected chi connectivity index (χ4v) is 3.45. The molecule has 0 aliphatic rings. The van der Waals surface area contributed by atoms with Crippen molar-refractivity contribution in [2.45, 2.75) is 13.1 Å². The summed E-state index contributed by atoms with van der Waals surface area (Å²) in [5.41, 5.74) is -0.104. The maximum Gasteiger partial charge on any atom is 0.333 e. The quantitative estimate of drug-likeness (QED) is 0.458. The summed E-state index contributed by atoms with van der Waals surface area (Å²) in [7, 11) is 3.03. The summed E-state index contributed by atoms with van der Waals surface area (Å²) in [5.74, 6) is 0.587. The van der Waals surface area contributed by atoms with Crippen LogP contribution in [0.4, 0.5) is 5.69 Å². The van der Waals surface area contributed by atoms with Gasteiger partial charge in [-0.2, -0.15) is 0 Å². The number of carbonyl (C=O) groups is 1. The number of carbonyl (C=O) groups excluding carboxylic acids is 1. The van der Waals surface area contributed by atoms with Gasteiger partial charge in [0.15, 0.2) is 11.2 Å². The Morgan fingerprint density at radius 2 is 1.76 bits per heavy atom. The Kier molecular flexibility index (Phi) is 6.16. The molecule has 0 spiro atoms. The summed E-state index contributed by atoms with van der Waals surface area (Å²) in [5, 5.41) is 2.72. The zero-order chi connectivity index (χ0) is 23.4. The molecule has 1 N–H and O–H groups in total. The van der Waals surface area contributed by atoms with Crippen molar-refractivity contribution in [1.29, 1.82) is 0 Å². The molecule has 0 aliphatic heterocycles. The number of benzene rings is 2. The van der Waals surface area contributed by atoms with E-state index in [1.807, 2.05) is 0 Å². The Labute approximate surface area is 188 Å². The predicted molar refractivity (Wildman–Crippen MR) is 122 cm³/mol. The van der Waals surface area contributed by atoms with Crippen LogP contribution in [0, 0.1) is 0 Å². The summed E-state index contributed by atoms with van der Waals surface area (Å²) in [6, 6.07) is 13.9. The van der Waals surface area contributed by atoms with E-state index in [1.54, 1.807) is 48.5 Å². The third-order valence-corrected chi connectivity index (χ3v) is 5.00. The molecular weight excluding hydrogens is 426 g/mol. The topological polar surface area (TPSA) is 117 Å². The average molecular weight is 447 g/mol. The maximum atomic E-state index is 13.3. The highest BCUT2D eigenvalue weighted by Crippen LogP contribution is 2.23. The molecule has 2 aromatic carbocycles. The number of anilines is 1. The number of hydrogen-bond acceptors (Lipinski definition) is 7. The Balaban J connectivity index is 1.75. The van der Waals surface area contributed by atoms with E-state index in [9.17, 15) is 14.4 Å². The normalized spacial score (nSPS) is 10.7. The van der Waals surface area contributed by atoms with Crippen LogP contribution in [0.5, 0.6) is 11.5 Å². The molecule has 0 saturated heterocycles. The van der Waals surface area contributed by atoms with E-state index in [-0.39, 0.29) is 24.3 Å². The van der Waals surface area contributed by atoms with Gasteiger partial charge >= 0.3 is 5.69 Å². The lowest BCUT2D eigenvalue weighted by Crippen LogP contribution is -2.42. The van der Waals surface area contributed by atoms with Crippen molar-refractivity contribution >= 4 is 22.8 Å². The zero-order valence-corrected chi connectivity index (χ0v) is 18.0. The van der Waals surface area contributed by atoms with E-state index in [0.717, 1.165) is 9.13 Å². The second-order valence-electron chi connectivity index (χ2n) is 7.09. The molecule has 0 bridgehead atoms. The maximum absolute atomic E-state index is 13.3. The molecule has 1 amide bonds. The number of ether oxygens (including phenoxy) is 2. The standard InChI is InChI=1S/C23H21N5O5/c1-32-16-7-5-6-15(12-16)13-28-22(30)20-21(25-11-10-24-20)27(23(28)31)14-19(29)26-17-8-3-4-9-18(17)33-2/h3-12H,13-14H2,1-2H3,(H,26,29). The van der Waals surface area contributed by atoms with Gasteiger partial charge < -0.3 is 14.8 Å². The number of para-hydroxylation sites is 2. The number of hydrogen-bond donors (Lipinski definition) is 1. The SMILES string of the molecule is COc1cccc(Cn2c(=O)c3nccnc3n(CC(=O)Nc3ccccc3OC)c2=O)c1. The van der Waals surface area contributed by atoms with Gasteiger partial charge in [0.1, 0.15) is 18.0 Å². The third-order valence-electron chi connectivity index (χ3n) is 5.00. The van der Waals surface area contributed by atoms with Gasteiger partial charge in [0, 0.05) is 12.4 Å². The van der Waals surface area contributed by atoms with E-state index < -0.39 is 17.2 Å². The highest BCUT2D eigenvalue weighted by molar-refractivity contribution is 5.92. The third kappa shape index (κ3) is 4.45. The molecule has 10 heteroatoms. The molecule has 0 unspecified atom stereocenters. The first-order chi connectivity index (χ1) is 16.0. The number of aromatic nitrogens is 4. The van der Waals surface area contributed by atoms with Gasteiger partial charge in [-0.05, 0) is 29.8 Å². The van der Waals surface area contributed by atoms with Crippen molar-refractivity contribution in [2.75, 3.05) is 19.5 Å². The first-order valence-corrected chi connectivity index (χ1v) is 10.0. The van der Waals surface area contributed by atoms with Gasteiger partial charge in [0.25, 0.3) is 5.56 Å². The van der Waals surface area contributed by atoms with Crippen LogP contribution in [-0.2, 0) is 17.9 Å².